The van der Waals surface area contributed by atoms with Gasteiger partial charge in [-0.1, -0.05) is 18.0 Å². The standard InChI is InChI=1S/C13H22ClN5O3S.ClH/c1-18-13(11(14)9-17-18)23(21,22)19-7-3-2-4-10(19)8-16-12(20)5-6-15;/h9-10H,2-8,15H2,1H3,(H,16,20);1H. The van der Waals surface area contributed by atoms with Gasteiger partial charge in [-0.05, 0) is 12.8 Å². The second-order valence-electron chi connectivity index (χ2n) is 5.53. The van der Waals surface area contributed by atoms with Crippen molar-refractivity contribution in [2.45, 2.75) is 36.8 Å². The molecule has 1 aromatic heterocycles. The second kappa shape index (κ2) is 9.00. The number of amides is 1. The number of halogens is 2. The number of nitrogens with zero attached hydrogens (tertiary/aromatic N) is 3. The number of nitrogens with one attached hydrogen (secondary N) is 1. The van der Waals surface area contributed by atoms with E-state index in [2.05, 4.69) is 10.4 Å². The van der Waals surface area contributed by atoms with Gasteiger partial charge in [-0.2, -0.15) is 9.40 Å². The van der Waals surface area contributed by atoms with Crippen LogP contribution in [0.4, 0.5) is 0 Å². The van der Waals surface area contributed by atoms with Crippen LogP contribution in [0.2, 0.25) is 5.02 Å². The minimum absolute atomic E-state index is 0. The molecule has 1 amide bonds. The summed E-state index contributed by atoms with van der Waals surface area (Å²) in [6.07, 6.45) is 3.94. The van der Waals surface area contributed by atoms with Gasteiger partial charge >= 0.3 is 0 Å². The van der Waals surface area contributed by atoms with Crippen molar-refractivity contribution in [2.75, 3.05) is 19.6 Å². The maximum atomic E-state index is 12.9. The van der Waals surface area contributed by atoms with E-state index in [4.69, 9.17) is 17.3 Å². The van der Waals surface area contributed by atoms with Crippen molar-refractivity contribution in [1.29, 1.82) is 0 Å². The van der Waals surface area contributed by atoms with Crippen LogP contribution in [0.1, 0.15) is 25.7 Å². The summed E-state index contributed by atoms with van der Waals surface area (Å²) in [6, 6.07) is -0.290. The highest BCUT2D eigenvalue weighted by Gasteiger charge is 2.36. The molecule has 1 atom stereocenters. The van der Waals surface area contributed by atoms with Crippen molar-refractivity contribution >= 4 is 39.9 Å². The lowest BCUT2D eigenvalue weighted by atomic mass is 10.1. The van der Waals surface area contributed by atoms with E-state index in [-0.39, 0.29) is 53.9 Å². The smallest absolute Gasteiger partial charge is 0.262 e. The molecule has 0 aromatic carbocycles. The van der Waals surface area contributed by atoms with Gasteiger partial charge in [0.15, 0.2) is 5.03 Å². The fraction of sp³-hybridized carbons (Fsp3) is 0.692. The lowest BCUT2D eigenvalue weighted by molar-refractivity contribution is -0.121. The van der Waals surface area contributed by atoms with Crippen molar-refractivity contribution in [3.8, 4) is 0 Å². The summed E-state index contributed by atoms with van der Waals surface area (Å²) in [6.45, 7) is 0.942. The summed E-state index contributed by atoms with van der Waals surface area (Å²) in [5, 5.41) is 6.73. The van der Waals surface area contributed by atoms with E-state index >= 15 is 0 Å². The third-order valence-electron chi connectivity index (χ3n) is 3.87. The molecule has 3 N–H and O–H groups in total. The van der Waals surface area contributed by atoms with Gasteiger partial charge in [0.25, 0.3) is 10.0 Å². The minimum Gasteiger partial charge on any atom is -0.354 e. The molecule has 1 fully saturated rings. The number of hydrogen-bond donors (Lipinski definition) is 2. The molecule has 0 spiro atoms. The predicted molar refractivity (Wildman–Crippen MR) is 93.7 cm³/mol. The molecule has 0 radical (unpaired) electrons. The van der Waals surface area contributed by atoms with Crippen LogP contribution < -0.4 is 11.1 Å². The summed E-state index contributed by atoms with van der Waals surface area (Å²) < 4.78 is 28.5. The molecule has 24 heavy (non-hydrogen) atoms. The molecule has 2 rings (SSSR count). The Labute approximate surface area is 153 Å². The quantitative estimate of drug-likeness (QED) is 0.723. The van der Waals surface area contributed by atoms with E-state index in [1.807, 2.05) is 0 Å². The highest BCUT2D eigenvalue weighted by Crippen LogP contribution is 2.28. The Morgan fingerprint density at radius 3 is 2.79 bits per heavy atom. The molecule has 11 heteroatoms. The normalized spacial score (nSPS) is 18.9. The second-order valence-corrected chi connectivity index (χ2v) is 7.74. The number of nitrogens with two attached hydrogens (primary N) is 1. The number of carbonyl (C=O) groups is 1. The minimum atomic E-state index is -3.76. The Kier molecular flexibility index (Phi) is 7.94. The number of sulfonamides is 1. The molecule has 1 aliphatic heterocycles. The number of hydrogen-bond acceptors (Lipinski definition) is 5. The van der Waals surface area contributed by atoms with Crippen molar-refractivity contribution in [1.82, 2.24) is 19.4 Å². The molecule has 0 saturated carbocycles. The summed E-state index contributed by atoms with van der Waals surface area (Å²) in [5.74, 6) is -0.172. The van der Waals surface area contributed by atoms with Crippen molar-refractivity contribution < 1.29 is 13.2 Å². The van der Waals surface area contributed by atoms with E-state index in [0.29, 0.717) is 13.0 Å². The van der Waals surface area contributed by atoms with E-state index < -0.39 is 10.0 Å². The van der Waals surface area contributed by atoms with Gasteiger partial charge in [-0.15, -0.1) is 12.4 Å². The Hall–Kier alpha value is -0.870. The van der Waals surface area contributed by atoms with Crippen LogP contribution in [-0.2, 0) is 21.9 Å². The molecule has 8 nitrogen and oxygen atoms in total. The van der Waals surface area contributed by atoms with Gasteiger partial charge < -0.3 is 11.1 Å². The van der Waals surface area contributed by atoms with Gasteiger partial charge in [-0.25, -0.2) is 8.42 Å². The first-order chi connectivity index (χ1) is 10.9. The van der Waals surface area contributed by atoms with Crippen molar-refractivity contribution in [3.63, 3.8) is 0 Å². The zero-order chi connectivity index (χ0) is 17.0. The number of aryl methyl sites for hydroxylation is 1. The van der Waals surface area contributed by atoms with Crippen LogP contribution in [0.5, 0.6) is 0 Å². The molecule has 1 aliphatic rings. The monoisotopic (exact) mass is 399 g/mol. The molecule has 1 saturated heterocycles. The zero-order valence-corrected chi connectivity index (χ0v) is 15.8. The first-order valence-corrected chi connectivity index (χ1v) is 9.36. The van der Waals surface area contributed by atoms with E-state index in [1.165, 1.54) is 15.2 Å². The SMILES string of the molecule is Cl.Cn1ncc(Cl)c1S(=O)(=O)N1CCCCC1CNC(=O)CCN. The van der Waals surface area contributed by atoms with Gasteiger partial charge in [0.1, 0.15) is 0 Å². The number of rotatable bonds is 6. The predicted octanol–water partition coefficient (Wildman–Crippen LogP) is 0.504. The van der Waals surface area contributed by atoms with Crippen molar-refractivity contribution in [2.24, 2.45) is 12.8 Å². The lowest BCUT2D eigenvalue weighted by Crippen LogP contribution is -2.49. The van der Waals surface area contributed by atoms with Crippen LogP contribution in [0.3, 0.4) is 0 Å². The molecule has 2 heterocycles. The van der Waals surface area contributed by atoms with Crippen LogP contribution in [0, 0.1) is 0 Å². The summed E-state index contributed by atoms with van der Waals surface area (Å²) in [7, 11) is -2.22. The van der Waals surface area contributed by atoms with Crippen LogP contribution >= 0.6 is 24.0 Å². The summed E-state index contributed by atoms with van der Waals surface area (Å²) in [4.78, 5) is 11.6. The van der Waals surface area contributed by atoms with Gasteiger partial charge in [0.2, 0.25) is 5.91 Å². The molecular formula is C13H23Cl2N5O3S. The third kappa shape index (κ3) is 4.60. The summed E-state index contributed by atoms with van der Waals surface area (Å²) >= 11 is 5.99. The van der Waals surface area contributed by atoms with E-state index in [0.717, 1.165) is 12.8 Å². The Balaban J connectivity index is 0.00000288. The third-order valence-corrected chi connectivity index (χ3v) is 6.33. The fourth-order valence-electron chi connectivity index (χ4n) is 2.75. The van der Waals surface area contributed by atoms with E-state index in [9.17, 15) is 13.2 Å². The fourth-order valence-corrected chi connectivity index (χ4v) is 5.05. The first kappa shape index (κ1) is 21.2. The topological polar surface area (TPSA) is 110 Å². The maximum absolute atomic E-state index is 12.9. The lowest BCUT2D eigenvalue weighted by Gasteiger charge is -2.34. The maximum Gasteiger partial charge on any atom is 0.262 e. The van der Waals surface area contributed by atoms with E-state index in [1.54, 1.807) is 7.05 Å². The number of piperidine rings is 1. The first-order valence-electron chi connectivity index (χ1n) is 7.54. The number of aromatic nitrogens is 2. The van der Waals surface area contributed by atoms with Gasteiger partial charge in [0, 0.05) is 39.1 Å². The molecule has 138 valence electrons. The Morgan fingerprint density at radius 1 is 1.50 bits per heavy atom. The van der Waals surface area contributed by atoms with Crippen LogP contribution in [0.25, 0.3) is 0 Å². The average molecular weight is 400 g/mol. The van der Waals surface area contributed by atoms with Crippen LogP contribution in [-0.4, -0.2) is 54.1 Å². The Morgan fingerprint density at radius 2 is 2.21 bits per heavy atom. The van der Waals surface area contributed by atoms with Crippen molar-refractivity contribution in [3.05, 3.63) is 11.2 Å². The molecule has 0 bridgehead atoms. The Bertz CT molecular complexity index is 645. The molecule has 1 unspecified atom stereocenters. The molecule has 0 aliphatic carbocycles. The van der Waals surface area contributed by atoms with Crippen LogP contribution in [0.15, 0.2) is 11.2 Å². The molecule has 1 aromatic rings. The average Bonchev–Trinajstić information content (AvgIpc) is 2.85. The zero-order valence-electron chi connectivity index (χ0n) is 13.4. The summed E-state index contributed by atoms with van der Waals surface area (Å²) in [5.41, 5.74) is 5.34. The van der Waals surface area contributed by atoms with Gasteiger partial charge in [0.05, 0.1) is 11.2 Å². The highest BCUT2D eigenvalue weighted by molar-refractivity contribution is 7.89. The number of carbonyl (C=O) groups excluding carboxylic acids is 1. The molecular weight excluding hydrogens is 377 g/mol. The largest absolute Gasteiger partial charge is 0.354 e. The van der Waals surface area contributed by atoms with Gasteiger partial charge in [-0.3, -0.25) is 9.48 Å². The highest BCUT2D eigenvalue weighted by atomic mass is 35.5.